The van der Waals surface area contributed by atoms with E-state index in [9.17, 15) is 39.0 Å². The maximum atomic E-state index is 13.1. The Labute approximate surface area is 255 Å². The number of hydrogen-bond donors (Lipinski definition) is 7. The van der Waals surface area contributed by atoms with Crippen LogP contribution in [0.3, 0.4) is 0 Å². The van der Waals surface area contributed by atoms with Crippen LogP contribution in [0.25, 0.3) is 22.3 Å². The summed E-state index contributed by atoms with van der Waals surface area (Å²) in [7, 11) is -8.44. The third-order valence-corrected chi connectivity index (χ3v) is 8.80. The number of anilines is 1. The number of aromatic amines is 1. The zero-order valence-corrected chi connectivity index (χ0v) is 24.9. The first-order valence-electron chi connectivity index (χ1n) is 12.8. The number of aliphatic hydroxyl groups is 3. The first-order chi connectivity index (χ1) is 21.4. The molecule has 2 unspecified atom stereocenters. The zero-order valence-electron chi connectivity index (χ0n) is 22.4. The predicted octanol–water partition coefficient (Wildman–Crippen LogP) is -1.15. The lowest BCUT2D eigenvalue weighted by molar-refractivity contribution is -0.0609. The summed E-state index contributed by atoms with van der Waals surface area (Å²) in [6.45, 7) is -1.57. The van der Waals surface area contributed by atoms with Crippen molar-refractivity contribution in [2.75, 3.05) is 18.9 Å². The average molecular weight is 694 g/mol. The van der Waals surface area contributed by atoms with E-state index in [0.717, 1.165) is 10.9 Å². The monoisotopic (exact) mass is 693 g/mol. The number of halogens is 1. The summed E-state index contributed by atoms with van der Waals surface area (Å²) in [6, 6.07) is 1.49. The van der Waals surface area contributed by atoms with Crippen molar-refractivity contribution in [2.45, 2.75) is 49.1 Å². The number of nitrogens with two attached hydrogens (primary N) is 1. The highest BCUT2D eigenvalue weighted by molar-refractivity contribution is 7.47. The highest BCUT2D eigenvalue weighted by Crippen LogP contribution is 2.50. The Morgan fingerprint density at radius 3 is 2.47 bits per heavy atom. The molecule has 4 aromatic rings. The second kappa shape index (κ2) is 12.3. The molecule has 0 spiro atoms. The number of aromatic nitrogens is 7. The second-order valence-electron chi connectivity index (χ2n) is 9.83. The van der Waals surface area contributed by atoms with E-state index in [4.69, 9.17) is 40.4 Å². The molecule has 45 heavy (non-hydrogen) atoms. The minimum absolute atomic E-state index is 0.116. The maximum absolute atomic E-state index is 13.1. The number of phosphoric ester groups is 1. The number of imidazole rings is 2. The van der Waals surface area contributed by atoms with E-state index in [1.165, 1.54) is 23.2 Å². The lowest BCUT2D eigenvalue weighted by Gasteiger charge is -2.24. The molecule has 0 radical (unpaired) electrons. The summed E-state index contributed by atoms with van der Waals surface area (Å²) >= 11 is 6.14. The molecule has 0 aromatic carbocycles. The predicted molar refractivity (Wildman–Crippen MR) is 147 cm³/mol. The van der Waals surface area contributed by atoms with Gasteiger partial charge in [-0.25, -0.2) is 19.5 Å². The van der Waals surface area contributed by atoms with Gasteiger partial charge in [-0.2, -0.15) is 4.98 Å². The lowest BCUT2D eigenvalue weighted by atomic mass is 10.1. The highest BCUT2D eigenvalue weighted by Gasteiger charge is 2.53. The first-order valence-corrected chi connectivity index (χ1v) is 15.8. The lowest BCUT2D eigenvalue weighted by Crippen LogP contribution is -2.36. The summed E-state index contributed by atoms with van der Waals surface area (Å²) < 4.78 is 53.8. The molecule has 10 atom stereocenters. The molecule has 6 heterocycles. The Balaban J connectivity index is 1.22. The van der Waals surface area contributed by atoms with Crippen LogP contribution >= 0.6 is 27.7 Å². The maximum Gasteiger partial charge on any atom is 0.695 e. The number of fused-ring (bicyclic) bond motifs is 2. The molecule has 0 bridgehead atoms. The highest BCUT2D eigenvalue weighted by atomic mass is 35.5. The molecular formula is C21H24ClN8O13P2+. The van der Waals surface area contributed by atoms with Crippen LogP contribution in [0.15, 0.2) is 29.7 Å². The van der Waals surface area contributed by atoms with Crippen LogP contribution in [-0.4, -0.2) is 109 Å². The number of nitrogens with zero attached hydrogens (tertiary/aromatic N) is 6. The van der Waals surface area contributed by atoms with Gasteiger partial charge in [0.25, 0.3) is 5.56 Å². The van der Waals surface area contributed by atoms with Crippen LogP contribution in [0.2, 0.25) is 5.02 Å². The fourth-order valence-electron chi connectivity index (χ4n) is 5.09. The van der Waals surface area contributed by atoms with Gasteiger partial charge in [0.15, 0.2) is 35.4 Å². The van der Waals surface area contributed by atoms with E-state index < -0.39 is 83.9 Å². The zero-order chi connectivity index (χ0) is 32.2. The van der Waals surface area contributed by atoms with E-state index in [-0.39, 0.29) is 33.3 Å². The van der Waals surface area contributed by atoms with E-state index >= 15 is 0 Å². The van der Waals surface area contributed by atoms with Gasteiger partial charge in [-0.15, -0.1) is 9.42 Å². The summed E-state index contributed by atoms with van der Waals surface area (Å²) in [5, 5.41) is 31.7. The third-order valence-electron chi connectivity index (χ3n) is 7.08. The molecule has 21 nitrogen and oxygen atoms in total. The molecule has 0 amide bonds. The van der Waals surface area contributed by atoms with Crippen molar-refractivity contribution in [3.63, 3.8) is 0 Å². The van der Waals surface area contributed by atoms with Crippen LogP contribution < -0.4 is 11.3 Å². The standard InChI is InChI=1S/C21H23ClN8O13P2/c22-7-1-2-24-16-10(7)25-5-29(16)19-13(33)14(42-44(35)36)9(41-19)4-39-45(37,38)43-15-12(32)8(3-31)40-20(15)30-6-26-11-17(30)27-21(23)28-18(11)34/h1-2,5-6,8-9,12-15,19-20,31-33H,3-4H2,(H4-,23,27,28,34,35,36,37,38)/p+1/t8-,9-,12-,13-,14-,15-,19-,20-/m1/s1. The van der Waals surface area contributed by atoms with Crippen LogP contribution in [0.5, 0.6) is 0 Å². The van der Waals surface area contributed by atoms with Crippen molar-refractivity contribution in [1.29, 1.82) is 0 Å². The summed E-state index contributed by atoms with van der Waals surface area (Å²) in [4.78, 5) is 50.7. The Morgan fingerprint density at radius 2 is 1.76 bits per heavy atom. The Kier molecular flexibility index (Phi) is 8.74. The Bertz CT molecular complexity index is 1860. The largest absolute Gasteiger partial charge is 0.695 e. The van der Waals surface area contributed by atoms with Gasteiger partial charge in [-0.05, 0) is 6.07 Å². The molecule has 2 aliphatic heterocycles. The smallest absolute Gasteiger partial charge is 0.394 e. The summed E-state index contributed by atoms with van der Waals surface area (Å²) in [6.07, 6.45) is -8.36. The number of nitrogen functional groups attached to an aromatic ring is 1. The van der Waals surface area contributed by atoms with Crippen molar-refractivity contribution in [3.05, 3.63) is 40.3 Å². The SMILES string of the molecule is Nc1nc2c(ncn2[C@@H]2O[C@H](CO)[C@@H](O)[C@H]2OP(=O)(O)OC[C@H]2O[C@@H](n3cnc4c(Cl)ccnc43)[C@H](O)[C@@H]2O[P+](=O)O)c(=O)[nH]1. The van der Waals surface area contributed by atoms with E-state index in [1.54, 1.807) is 0 Å². The fourth-order valence-corrected chi connectivity index (χ4v) is 6.69. The molecule has 24 heteroatoms. The number of rotatable bonds is 10. The third kappa shape index (κ3) is 5.99. The number of pyridine rings is 1. The molecule has 2 fully saturated rings. The molecule has 2 saturated heterocycles. The van der Waals surface area contributed by atoms with Crippen molar-refractivity contribution < 1.29 is 57.3 Å². The summed E-state index contributed by atoms with van der Waals surface area (Å²) in [5.74, 6) is -0.277. The van der Waals surface area contributed by atoms with Crippen molar-refractivity contribution in [2.24, 2.45) is 0 Å². The van der Waals surface area contributed by atoms with Gasteiger partial charge in [0, 0.05) is 10.8 Å². The topological polar surface area (TPSA) is 302 Å². The number of phosphoric acid groups is 1. The number of ether oxygens (including phenoxy) is 2. The van der Waals surface area contributed by atoms with Gasteiger partial charge < -0.3 is 35.4 Å². The number of nitrogens with one attached hydrogen (secondary N) is 1. The van der Waals surface area contributed by atoms with E-state index in [1.807, 2.05) is 0 Å². The fraction of sp³-hybridized carbons (Fsp3) is 0.476. The van der Waals surface area contributed by atoms with Gasteiger partial charge in [0.1, 0.15) is 36.0 Å². The van der Waals surface area contributed by atoms with Gasteiger partial charge >= 0.3 is 16.1 Å². The molecule has 6 rings (SSSR count). The van der Waals surface area contributed by atoms with Crippen molar-refractivity contribution >= 4 is 56.0 Å². The number of H-pyrrole nitrogens is 1. The quantitative estimate of drug-likeness (QED) is 0.0964. The van der Waals surface area contributed by atoms with E-state index in [0.29, 0.717) is 0 Å². The minimum atomic E-state index is -5.16. The molecule has 0 aliphatic carbocycles. The van der Waals surface area contributed by atoms with Crippen LogP contribution in [0.1, 0.15) is 12.5 Å². The molecule has 4 aromatic heterocycles. The molecular weight excluding hydrogens is 670 g/mol. The average Bonchev–Trinajstić information content (AvgIpc) is 3.73. The Hall–Kier alpha value is -3.01. The number of aliphatic hydroxyl groups excluding tert-OH is 3. The van der Waals surface area contributed by atoms with Crippen LogP contribution in [0, 0.1) is 0 Å². The van der Waals surface area contributed by atoms with Gasteiger partial charge in [0.05, 0.1) is 30.9 Å². The second-order valence-corrected chi connectivity index (χ2v) is 12.3. The minimum Gasteiger partial charge on any atom is -0.394 e. The first kappa shape index (κ1) is 32.0. The number of hydrogen-bond acceptors (Lipinski definition) is 16. The van der Waals surface area contributed by atoms with Gasteiger partial charge in [-0.1, -0.05) is 11.6 Å². The molecule has 8 N–H and O–H groups in total. The molecule has 242 valence electrons. The van der Waals surface area contributed by atoms with Crippen LogP contribution in [0.4, 0.5) is 5.95 Å². The van der Waals surface area contributed by atoms with Gasteiger partial charge in [-0.3, -0.25) is 28.0 Å². The molecule has 2 aliphatic rings. The normalized spacial score (nSPS) is 30.3. The van der Waals surface area contributed by atoms with Crippen LogP contribution in [-0.2, 0) is 32.2 Å². The summed E-state index contributed by atoms with van der Waals surface area (Å²) in [5.41, 5.74) is 5.13. The van der Waals surface area contributed by atoms with Gasteiger partial charge in [0.2, 0.25) is 5.95 Å². The van der Waals surface area contributed by atoms with E-state index in [2.05, 4.69) is 24.9 Å². The van der Waals surface area contributed by atoms with Crippen molar-refractivity contribution in [1.82, 2.24) is 34.1 Å². The Morgan fingerprint density at radius 1 is 1.07 bits per heavy atom. The molecule has 0 saturated carbocycles. The van der Waals surface area contributed by atoms with Crippen molar-refractivity contribution in [3.8, 4) is 0 Å².